The molecule has 4 aromatic carbocycles. The van der Waals surface area contributed by atoms with Gasteiger partial charge in [0, 0.05) is 10.8 Å². The maximum atomic E-state index is 2.45. The monoisotopic (exact) mass is 448 g/mol. The molecule has 1 aliphatic rings. The maximum Gasteiger partial charge on any atom is 0.0382 e. The molecule has 0 aromatic heterocycles. The van der Waals surface area contributed by atoms with Crippen LogP contribution in [0.2, 0.25) is 0 Å². The van der Waals surface area contributed by atoms with E-state index >= 15 is 0 Å². The summed E-state index contributed by atoms with van der Waals surface area (Å²) >= 11 is 0. The van der Waals surface area contributed by atoms with Crippen LogP contribution in [0.5, 0.6) is 0 Å². The van der Waals surface area contributed by atoms with Crippen molar-refractivity contribution in [1.29, 1.82) is 0 Å². The highest BCUT2D eigenvalue weighted by atomic mass is 31.1. The third-order valence-corrected chi connectivity index (χ3v) is 11.2. The lowest BCUT2D eigenvalue weighted by Gasteiger charge is -2.48. The topological polar surface area (TPSA) is 0 Å². The van der Waals surface area contributed by atoms with Gasteiger partial charge in [-0.1, -0.05) is 150 Å². The molecule has 0 atom stereocenters. The van der Waals surface area contributed by atoms with Crippen LogP contribution in [0.1, 0.15) is 43.0 Å². The molecule has 0 saturated carbocycles. The summed E-state index contributed by atoms with van der Waals surface area (Å²) < 4.78 is 0. The molecule has 0 N–H and O–H groups in total. The Morgan fingerprint density at radius 1 is 0.455 bits per heavy atom. The zero-order valence-corrected chi connectivity index (χ0v) is 20.8. The molecule has 1 aliphatic heterocycles. The lowest BCUT2D eigenvalue weighted by Crippen LogP contribution is -2.50. The third kappa shape index (κ3) is 3.56. The van der Waals surface area contributed by atoms with Gasteiger partial charge in [-0.25, -0.2) is 0 Å². The van der Waals surface area contributed by atoms with E-state index in [-0.39, 0.29) is 23.9 Å². The fraction of sp³-hybridized carbons (Fsp3) is 0.250. The first-order chi connectivity index (χ1) is 16.0. The quantitative estimate of drug-likeness (QED) is 0.276. The van der Waals surface area contributed by atoms with Crippen molar-refractivity contribution < 1.29 is 0 Å². The van der Waals surface area contributed by atoms with Crippen molar-refractivity contribution >= 4 is 7.92 Å². The molecule has 1 fully saturated rings. The molecule has 33 heavy (non-hydrogen) atoms. The lowest BCUT2D eigenvalue weighted by atomic mass is 9.53. The van der Waals surface area contributed by atoms with E-state index < -0.39 is 0 Å². The van der Waals surface area contributed by atoms with Crippen LogP contribution in [0, 0.1) is 0 Å². The van der Waals surface area contributed by atoms with Crippen molar-refractivity contribution in [3.63, 3.8) is 0 Å². The van der Waals surface area contributed by atoms with E-state index in [9.17, 15) is 0 Å². The minimum atomic E-state index is -0.256. The zero-order valence-electron chi connectivity index (χ0n) is 19.9. The van der Waals surface area contributed by atoms with Crippen molar-refractivity contribution in [3.05, 3.63) is 144 Å². The molecular weight excluding hydrogens is 415 g/mol. The van der Waals surface area contributed by atoms with Gasteiger partial charge < -0.3 is 0 Å². The van der Waals surface area contributed by atoms with Gasteiger partial charge in [-0.05, 0) is 39.7 Å². The molecule has 166 valence electrons. The fourth-order valence-electron chi connectivity index (χ4n) is 5.95. The summed E-state index contributed by atoms with van der Waals surface area (Å²) in [6.07, 6.45) is 2.37. The van der Waals surface area contributed by atoms with Crippen LogP contribution in [-0.2, 0) is 10.8 Å². The van der Waals surface area contributed by atoms with Crippen LogP contribution in [0.15, 0.2) is 121 Å². The molecule has 1 heterocycles. The van der Waals surface area contributed by atoms with Gasteiger partial charge >= 0.3 is 0 Å². The van der Waals surface area contributed by atoms with E-state index in [4.69, 9.17) is 0 Å². The van der Waals surface area contributed by atoms with E-state index in [0.717, 1.165) is 0 Å². The van der Waals surface area contributed by atoms with E-state index in [1.54, 1.807) is 0 Å². The van der Waals surface area contributed by atoms with Crippen LogP contribution in [0.4, 0.5) is 0 Å². The normalized spacial score (nSPS) is 17.7. The Bertz CT molecular complexity index is 1000. The fourth-order valence-corrected chi connectivity index (χ4v) is 9.42. The average Bonchev–Trinajstić information content (AvgIpc) is 3.25. The van der Waals surface area contributed by atoms with Crippen LogP contribution >= 0.6 is 7.92 Å². The standard InChI is InChI=1S/C32H33P/c1-30(2,3)33-24-31(26-16-8-4-9-17-26,27-18-10-5-11-19-27)32(25-33,28-20-12-6-13-21-28)29-22-14-7-15-23-29/h4-23H,24-25H2,1-3H3. The van der Waals surface area contributed by atoms with Gasteiger partial charge in [0.25, 0.3) is 0 Å². The summed E-state index contributed by atoms with van der Waals surface area (Å²) in [4.78, 5) is 0. The second kappa shape index (κ2) is 8.58. The smallest absolute Gasteiger partial charge is 0.0382 e. The van der Waals surface area contributed by atoms with E-state index in [1.807, 2.05) is 0 Å². The van der Waals surface area contributed by atoms with Gasteiger partial charge in [0.15, 0.2) is 0 Å². The SMILES string of the molecule is CC(C)(C)P1CC(c2ccccc2)(c2ccccc2)C(c2ccccc2)(c2ccccc2)C1. The second-order valence-electron chi connectivity index (χ2n) is 10.3. The van der Waals surface area contributed by atoms with Crippen molar-refractivity contribution in [1.82, 2.24) is 0 Å². The molecule has 0 aliphatic carbocycles. The molecule has 0 radical (unpaired) electrons. The molecule has 0 bridgehead atoms. The van der Waals surface area contributed by atoms with Gasteiger partial charge in [-0.15, -0.1) is 0 Å². The van der Waals surface area contributed by atoms with E-state index in [0.29, 0.717) is 0 Å². The highest BCUT2D eigenvalue weighted by Crippen LogP contribution is 2.71. The van der Waals surface area contributed by atoms with E-state index in [2.05, 4.69) is 142 Å². The zero-order chi connectivity index (χ0) is 22.9. The second-order valence-corrected chi connectivity index (χ2v) is 13.4. The Morgan fingerprint density at radius 3 is 0.909 bits per heavy atom. The summed E-state index contributed by atoms with van der Waals surface area (Å²) in [5.41, 5.74) is 5.43. The predicted molar refractivity (Wildman–Crippen MR) is 144 cm³/mol. The average molecular weight is 449 g/mol. The first kappa shape index (κ1) is 22.1. The third-order valence-electron chi connectivity index (χ3n) is 7.60. The minimum Gasteiger partial charge on any atom is -0.0986 e. The molecule has 0 amide bonds. The molecular formula is C32H33P. The highest BCUT2D eigenvalue weighted by Gasteiger charge is 2.62. The largest absolute Gasteiger partial charge is 0.0986 e. The number of hydrogen-bond donors (Lipinski definition) is 0. The number of hydrogen-bond acceptors (Lipinski definition) is 0. The van der Waals surface area contributed by atoms with Crippen molar-refractivity contribution in [2.45, 2.75) is 36.8 Å². The molecule has 0 spiro atoms. The Hall–Kier alpha value is -2.69. The molecule has 1 heteroatoms. The summed E-state index contributed by atoms with van der Waals surface area (Å²) in [7, 11) is -0.256. The molecule has 0 nitrogen and oxygen atoms in total. The van der Waals surface area contributed by atoms with Crippen molar-refractivity contribution in [3.8, 4) is 0 Å². The Morgan fingerprint density at radius 2 is 0.697 bits per heavy atom. The molecule has 1 saturated heterocycles. The molecule has 4 aromatic rings. The Balaban J connectivity index is 1.94. The molecule has 0 unspecified atom stereocenters. The summed E-state index contributed by atoms with van der Waals surface area (Å²) in [6, 6.07) is 45.3. The highest BCUT2D eigenvalue weighted by molar-refractivity contribution is 7.59. The van der Waals surface area contributed by atoms with Gasteiger partial charge in [0.2, 0.25) is 0 Å². The Kier molecular flexibility index (Phi) is 5.75. The van der Waals surface area contributed by atoms with Crippen molar-refractivity contribution in [2.75, 3.05) is 12.3 Å². The predicted octanol–water partition coefficient (Wildman–Crippen LogP) is 8.25. The minimum absolute atomic E-state index is 0.142. The lowest BCUT2D eigenvalue weighted by molar-refractivity contribution is 0.392. The number of benzene rings is 4. The van der Waals surface area contributed by atoms with Crippen LogP contribution in [0.25, 0.3) is 0 Å². The van der Waals surface area contributed by atoms with E-state index in [1.165, 1.54) is 34.6 Å². The maximum absolute atomic E-state index is 2.45. The van der Waals surface area contributed by atoms with Gasteiger partial charge in [-0.3, -0.25) is 0 Å². The van der Waals surface area contributed by atoms with Gasteiger partial charge in [-0.2, -0.15) is 0 Å². The molecule has 5 rings (SSSR count). The van der Waals surface area contributed by atoms with Crippen LogP contribution < -0.4 is 0 Å². The first-order valence-corrected chi connectivity index (χ1v) is 13.7. The van der Waals surface area contributed by atoms with Crippen molar-refractivity contribution in [2.24, 2.45) is 0 Å². The Labute approximate surface area is 200 Å². The first-order valence-electron chi connectivity index (χ1n) is 12.0. The van der Waals surface area contributed by atoms with Gasteiger partial charge in [0.05, 0.1) is 0 Å². The van der Waals surface area contributed by atoms with Crippen LogP contribution in [-0.4, -0.2) is 17.5 Å². The summed E-state index contributed by atoms with van der Waals surface area (Å²) in [6.45, 7) is 7.35. The van der Waals surface area contributed by atoms with Crippen LogP contribution in [0.3, 0.4) is 0 Å². The summed E-state index contributed by atoms with van der Waals surface area (Å²) in [5, 5.41) is 0.273. The summed E-state index contributed by atoms with van der Waals surface area (Å²) in [5.74, 6) is 0. The number of rotatable bonds is 4. The van der Waals surface area contributed by atoms with Gasteiger partial charge in [0.1, 0.15) is 0 Å².